The lowest BCUT2D eigenvalue weighted by Gasteiger charge is -2.20. The lowest BCUT2D eigenvalue weighted by Crippen LogP contribution is -2.21. The predicted octanol–water partition coefficient (Wildman–Crippen LogP) is 2.35. The molecule has 0 aliphatic rings. The first-order valence-corrected chi connectivity index (χ1v) is 6.64. The normalized spacial score (nSPS) is 10.3. The van der Waals surface area contributed by atoms with Crippen LogP contribution >= 0.6 is 0 Å². The van der Waals surface area contributed by atoms with Gasteiger partial charge in [-0.25, -0.2) is 0 Å². The molecule has 0 unspecified atom stereocenters. The summed E-state index contributed by atoms with van der Waals surface area (Å²) in [6.07, 6.45) is 2.73. The molecule has 0 amide bonds. The Kier molecular flexibility index (Phi) is 4.35. The van der Waals surface area contributed by atoms with Crippen molar-refractivity contribution >= 4 is 11.5 Å². The van der Waals surface area contributed by atoms with Gasteiger partial charge in [-0.1, -0.05) is 6.07 Å². The number of nitrogens with zero attached hydrogens (tertiary/aromatic N) is 2. The zero-order valence-electron chi connectivity index (χ0n) is 11.9. The van der Waals surface area contributed by atoms with Crippen molar-refractivity contribution in [1.82, 2.24) is 4.98 Å². The molecule has 0 saturated carbocycles. The van der Waals surface area contributed by atoms with Crippen molar-refractivity contribution < 1.29 is 0 Å². The number of aryl methyl sites for hydroxylation is 1. The molecule has 0 aliphatic carbocycles. The van der Waals surface area contributed by atoms with Crippen molar-refractivity contribution in [3.63, 3.8) is 0 Å². The molecular weight excluding hydrogens is 248 g/mol. The topological polar surface area (TPSA) is 66.0 Å². The van der Waals surface area contributed by atoms with Gasteiger partial charge in [0.15, 0.2) is 0 Å². The van der Waals surface area contributed by atoms with Crippen LogP contribution in [-0.2, 0) is 6.42 Å². The number of hydrogen-bond donors (Lipinski definition) is 2. The first kappa shape index (κ1) is 14.1. The minimum atomic E-state index is 0.116. The minimum Gasteiger partial charge on any atom is -0.384 e. The smallest absolute Gasteiger partial charge is 0.123 e. The second-order valence-corrected chi connectivity index (χ2v) is 4.91. The van der Waals surface area contributed by atoms with E-state index in [1.54, 1.807) is 0 Å². The Balaban J connectivity index is 2.04. The Morgan fingerprint density at radius 3 is 2.70 bits per heavy atom. The lowest BCUT2D eigenvalue weighted by atomic mass is 10.1. The molecule has 104 valence electrons. The van der Waals surface area contributed by atoms with E-state index >= 15 is 0 Å². The van der Waals surface area contributed by atoms with Gasteiger partial charge in [0.1, 0.15) is 5.84 Å². The van der Waals surface area contributed by atoms with Gasteiger partial charge < -0.3 is 10.6 Å². The highest BCUT2D eigenvalue weighted by Gasteiger charge is 2.06. The highest BCUT2D eigenvalue weighted by molar-refractivity contribution is 5.96. The number of anilines is 1. The summed E-state index contributed by atoms with van der Waals surface area (Å²) in [5.41, 5.74) is 9.58. The van der Waals surface area contributed by atoms with Gasteiger partial charge in [0, 0.05) is 43.2 Å². The number of benzene rings is 1. The molecule has 1 aromatic carbocycles. The van der Waals surface area contributed by atoms with Crippen LogP contribution in [0.15, 0.2) is 42.6 Å². The zero-order valence-corrected chi connectivity index (χ0v) is 11.9. The van der Waals surface area contributed by atoms with E-state index in [1.807, 2.05) is 43.5 Å². The maximum atomic E-state index is 7.50. The summed E-state index contributed by atoms with van der Waals surface area (Å²) in [6, 6.07) is 11.9. The standard InChI is InChI=1S/C16H20N4/c1-12-11-14(6-7-15(12)16(17)18)20(2)10-8-13-5-3-4-9-19-13/h3-7,9,11H,8,10H2,1-2H3,(H3,17,18). The molecule has 1 aromatic heterocycles. The van der Waals surface area contributed by atoms with Crippen LogP contribution in [0.3, 0.4) is 0 Å². The molecule has 0 bridgehead atoms. The number of nitrogens with two attached hydrogens (primary N) is 1. The molecular formula is C16H20N4. The number of pyridine rings is 1. The molecule has 3 N–H and O–H groups in total. The molecule has 2 rings (SSSR count). The van der Waals surface area contributed by atoms with Gasteiger partial charge in [-0.3, -0.25) is 10.4 Å². The van der Waals surface area contributed by atoms with Crippen LogP contribution < -0.4 is 10.6 Å². The van der Waals surface area contributed by atoms with Crippen LogP contribution in [0.5, 0.6) is 0 Å². The third-order valence-corrected chi connectivity index (χ3v) is 3.37. The molecule has 1 heterocycles. The van der Waals surface area contributed by atoms with Gasteiger partial charge in [-0.15, -0.1) is 0 Å². The number of aromatic nitrogens is 1. The summed E-state index contributed by atoms with van der Waals surface area (Å²) in [6.45, 7) is 2.88. The Labute approximate surface area is 119 Å². The molecule has 0 spiro atoms. The molecule has 4 nitrogen and oxygen atoms in total. The number of likely N-dealkylation sites (N-methyl/N-ethyl adjacent to an activating group) is 1. The van der Waals surface area contributed by atoms with Crippen molar-refractivity contribution in [2.45, 2.75) is 13.3 Å². The average molecular weight is 268 g/mol. The molecule has 0 radical (unpaired) electrons. The van der Waals surface area contributed by atoms with Crippen molar-refractivity contribution in [2.75, 3.05) is 18.5 Å². The molecule has 0 saturated heterocycles. The van der Waals surface area contributed by atoms with Gasteiger partial charge in [0.2, 0.25) is 0 Å². The third-order valence-electron chi connectivity index (χ3n) is 3.37. The minimum absolute atomic E-state index is 0.116. The van der Waals surface area contributed by atoms with E-state index in [9.17, 15) is 0 Å². The van der Waals surface area contributed by atoms with Gasteiger partial charge in [-0.2, -0.15) is 0 Å². The van der Waals surface area contributed by atoms with E-state index in [0.29, 0.717) is 0 Å². The van der Waals surface area contributed by atoms with Crippen LogP contribution in [-0.4, -0.2) is 24.4 Å². The maximum absolute atomic E-state index is 7.50. The second-order valence-electron chi connectivity index (χ2n) is 4.91. The molecule has 4 heteroatoms. The predicted molar refractivity (Wildman–Crippen MR) is 83.4 cm³/mol. The average Bonchev–Trinajstić information content (AvgIpc) is 2.45. The maximum Gasteiger partial charge on any atom is 0.123 e. The number of amidine groups is 1. The van der Waals surface area contributed by atoms with Crippen LogP contribution in [0.4, 0.5) is 5.69 Å². The third kappa shape index (κ3) is 3.35. The summed E-state index contributed by atoms with van der Waals surface area (Å²) in [7, 11) is 2.06. The monoisotopic (exact) mass is 268 g/mol. The summed E-state index contributed by atoms with van der Waals surface area (Å²) in [5.74, 6) is 0.116. The number of nitrogens with one attached hydrogen (secondary N) is 1. The first-order chi connectivity index (χ1) is 9.58. The fourth-order valence-electron chi connectivity index (χ4n) is 2.14. The van der Waals surface area contributed by atoms with Crippen LogP contribution in [0.2, 0.25) is 0 Å². The molecule has 0 aliphatic heterocycles. The van der Waals surface area contributed by atoms with Gasteiger partial charge >= 0.3 is 0 Å². The molecule has 2 aromatic rings. The Morgan fingerprint density at radius 1 is 1.30 bits per heavy atom. The lowest BCUT2D eigenvalue weighted by molar-refractivity contribution is 0.852. The highest BCUT2D eigenvalue weighted by Crippen LogP contribution is 2.18. The van der Waals surface area contributed by atoms with Crippen LogP contribution in [0.1, 0.15) is 16.8 Å². The Morgan fingerprint density at radius 2 is 2.10 bits per heavy atom. The van der Waals surface area contributed by atoms with E-state index in [1.165, 1.54) is 0 Å². The van der Waals surface area contributed by atoms with Gasteiger partial charge in [0.25, 0.3) is 0 Å². The highest BCUT2D eigenvalue weighted by atomic mass is 15.1. The molecule has 0 atom stereocenters. The summed E-state index contributed by atoms with van der Waals surface area (Å²) in [5, 5.41) is 7.50. The van der Waals surface area contributed by atoms with Crippen molar-refractivity contribution in [2.24, 2.45) is 5.73 Å². The van der Waals surface area contributed by atoms with Crippen molar-refractivity contribution in [1.29, 1.82) is 5.41 Å². The first-order valence-electron chi connectivity index (χ1n) is 6.64. The molecule has 0 fully saturated rings. The van der Waals surface area contributed by atoms with E-state index in [4.69, 9.17) is 11.1 Å². The number of hydrogen-bond acceptors (Lipinski definition) is 3. The number of nitrogen functional groups attached to an aromatic ring is 1. The fraction of sp³-hybridized carbons (Fsp3) is 0.250. The SMILES string of the molecule is Cc1cc(N(C)CCc2ccccn2)ccc1C(=N)N. The van der Waals surface area contributed by atoms with Crippen LogP contribution in [0.25, 0.3) is 0 Å². The summed E-state index contributed by atoms with van der Waals surface area (Å²) >= 11 is 0. The summed E-state index contributed by atoms with van der Waals surface area (Å²) < 4.78 is 0. The van der Waals surface area contributed by atoms with Gasteiger partial charge in [-0.05, 0) is 42.8 Å². The van der Waals surface area contributed by atoms with E-state index in [2.05, 4.69) is 23.0 Å². The Hall–Kier alpha value is -2.36. The number of rotatable bonds is 5. The van der Waals surface area contributed by atoms with E-state index < -0.39 is 0 Å². The van der Waals surface area contributed by atoms with E-state index in [-0.39, 0.29) is 5.84 Å². The fourth-order valence-corrected chi connectivity index (χ4v) is 2.14. The van der Waals surface area contributed by atoms with E-state index in [0.717, 1.165) is 35.5 Å². The second kappa shape index (κ2) is 6.19. The van der Waals surface area contributed by atoms with Gasteiger partial charge in [0.05, 0.1) is 0 Å². The summed E-state index contributed by atoms with van der Waals surface area (Å²) in [4.78, 5) is 6.51. The molecule has 20 heavy (non-hydrogen) atoms. The Bertz CT molecular complexity index is 593. The van der Waals surface area contributed by atoms with Crippen LogP contribution in [0, 0.1) is 12.3 Å². The largest absolute Gasteiger partial charge is 0.384 e. The van der Waals surface area contributed by atoms with Crippen molar-refractivity contribution in [3.05, 3.63) is 59.4 Å². The quantitative estimate of drug-likeness (QED) is 0.646. The van der Waals surface area contributed by atoms with Crippen molar-refractivity contribution in [3.8, 4) is 0 Å². The zero-order chi connectivity index (χ0) is 14.5.